The average molecular weight is 503 g/mol. The van der Waals surface area contributed by atoms with E-state index < -0.39 is 23.2 Å². The lowest BCUT2D eigenvalue weighted by Gasteiger charge is -2.10. The van der Waals surface area contributed by atoms with Crippen LogP contribution in [0.2, 0.25) is 0 Å². The molecule has 4 aromatic carbocycles. The van der Waals surface area contributed by atoms with Gasteiger partial charge in [-0.1, -0.05) is 81.3 Å². The summed E-state index contributed by atoms with van der Waals surface area (Å²) in [7, 11) is 0. The van der Waals surface area contributed by atoms with Gasteiger partial charge < -0.3 is 4.74 Å². The zero-order valence-corrected chi connectivity index (χ0v) is 21.0. The van der Waals surface area contributed by atoms with E-state index >= 15 is 0 Å². The summed E-state index contributed by atoms with van der Waals surface area (Å²) in [5.41, 5.74) is 3.36. The number of aryl methyl sites for hydroxylation is 2. The Bertz CT molecular complexity index is 1380. The minimum absolute atomic E-state index is 0.0781. The van der Waals surface area contributed by atoms with Gasteiger partial charge in [0.05, 0.1) is 5.56 Å². The van der Waals surface area contributed by atoms with Crippen LogP contribution in [0.4, 0.5) is 13.2 Å². The molecule has 190 valence electrons. The predicted molar refractivity (Wildman–Crippen MR) is 141 cm³/mol. The smallest absolute Gasteiger partial charge is 0.346 e. The highest BCUT2D eigenvalue weighted by atomic mass is 19.2. The fourth-order valence-electron chi connectivity index (χ4n) is 4.24. The highest BCUT2D eigenvalue weighted by Gasteiger charge is 2.21. The summed E-state index contributed by atoms with van der Waals surface area (Å²) < 4.78 is 49.4. The normalized spacial score (nSPS) is 10.9. The first-order valence-corrected chi connectivity index (χ1v) is 12.6. The monoisotopic (exact) mass is 502 g/mol. The van der Waals surface area contributed by atoms with Crippen molar-refractivity contribution in [1.29, 1.82) is 0 Å². The largest absolute Gasteiger partial charge is 0.423 e. The second-order valence-corrected chi connectivity index (χ2v) is 9.06. The van der Waals surface area contributed by atoms with Gasteiger partial charge in [0.15, 0.2) is 11.6 Å². The van der Waals surface area contributed by atoms with Gasteiger partial charge in [-0.3, -0.25) is 0 Å². The number of hydrogen-bond acceptors (Lipinski definition) is 2. The number of hydrogen-bond donors (Lipinski definition) is 0. The first kappa shape index (κ1) is 26.2. The molecule has 0 heterocycles. The van der Waals surface area contributed by atoms with Gasteiger partial charge in [0, 0.05) is 5.56 Å². The Morgan fingerprint density at radius 2 is 1.38 bits per heavy atom. The Morgan fingerprint density at radius 1 is 0.703 bits per heavy atom. The molecular weight excluding hydrogens is 473 g/mol. The maximum atomic E-state index is 14.9. The Hall–Kier alpha value is -3.86. The van der Waals surface area contributed by atoms with E-state index in [0.717, 1.165) is 36.8 Å². The number of esters is 1. The van der Waals surface area contributed by atoms with Gasteiger partial charge in [0.2, 0.25) is 0 Å². The summed E-state index contributed by atoms with van der Waals surface area (Å²) >= 11 is 0. The highest BCUT2D eigenvalue weighted by molar-refractivity contribution is 5.92. The van der Waals surface area contributed by atoms with Crippen LogP contribution < -0.4 is 4.74 Å². The zero-order chi connectivity index (χ0) is 26.4. The molecule has 4 aromatic rings. The van der Waals surface area contributed by atoms with Crippen molar-refractivity contribution in [2.75, 3.05) is 0 Å². The number of halogens is 3. The topological polar surface area (TPSA) is 26.3 Å². The van der Waals surface area contributed by atoms with Crippen molar-refractivity contribution in [3.05, 3.63) is 113 Å². The van der Waals surface area contributed by atoms with Gasteiger partial charge >= 0.3 is 5.97 Å². The Balaban J connectivity index is 1.47. The minimum Gasteiger partial charge on any atom is -0.423 e. The van der Waals surface area contributed by atoms with E-state index in [9.17, 15) is 18.0 Å². The standard InChI is InChI=1S/C32H29F3O2/c1-3-5-7-24-12-13-25(20-29(24)33)22-14-16-26(17-15-22)37-32(36)28-19-18-27(30(34)31(28)35)23-10-8-21(6-4-2)9-11-23/h8-20H,3-7H2,1-2H3. The molecule has 37 heavy (non-hydrogen) atoms. The third-order valence-electron chi connectivity index (χ3n) is 6.36. The molecule has 5 heteroatoms. The Morgan fingerprint density at radius 3 is 2.03 bits per heavy atom. The van der Waals surface area contributed by atoms with Crippen molar-refractivity contribution in [1.82, 2.24) is 0 Å². The van der Waals surface area contributed by atoms with Crippen molar-refractivity contribution in [2.45, 2.75) is 46.0 Å². The first-order chi connectivity index (χ1) is 17.9. The molecular formula is C32H29F3O2. The number of carbonyl (C=O) groups excluding carboxylic acids is 1. The Labute approximate surface area is 215 Å². The maximum Gasteiger partial charge on any atom is 0.346 e. The summed E-state index contributed by atoms with van der Waals surface area (Å²) in [5, 5.41) is 0. The number of rotatable bonds is 9. The van der Waals surface area contributed by atoms with Crippen LogP contribution in [0.3, 0.4) is 0 Å². The van der Waals surface area contributed by atoms with Crippen LogP contribution in [0.5, 0.6) is 5.75 Å². The molecule has 0 saturated heterocycles. The number of benzene rings is 4. The summed E-state index contributed by atoms with van der Waals surface area (Å²) in [4.78, 5) is 12.6. The number of ether oxygens (including phenoxy) is 1. The lowest BCUT2D eigenvalue weighted by Crippen LogP contribution is -2.12. The van der Waals surface area contributed by atoms with Gasteiger partial charge in [-0.25, -0.2) is 18.0 Å². The van der Waals surface area contributed by atoms with Crippen LogP contribution in [-0.4, -0.2) is 5.97 Å². The first-order valence-electron chi connectivity index (χ1n) is 12.6. The third-order valence-corrected chi connectivity index (χ3v) is 6.36. The molecule has 4 rings (SSSR count). The molecule has 0 radical (unpaired) electrons. The van der Waals surface area contributed by atoms with E-state index in [2.05, 4.69) is 13.8 Å². The lowest BCUT2D eigenvalue weighted by molar-refractivity contribution is 0.0728. The second-order valence-electron chi connectivity index (χ2n) is 9.06. The molecule has 0 aliphatic heterocycles. The van der Waals surface area contributed by atoms with Crippen LogP contribution in [-0.2, 0) is 12.8 Å². The Kier molecular flexibility index (Phi) is 8.44. The minimum atomic E-state index is -1.25. The molecule has 0 saturated carbocycles. The second kappa shape index (κ2) is 11.9. The molecule has 0 N–H and O–H groups in total. The molecule has 0 unspecified atom stereocenters. The summed E-state index contributed by atoms with van der Waals surface area (Å²) in [6.07, 6.45) is 4.52. The van der Waals surface area contributed by atoms with E-state index in [1.54, 1.807) is 30.3 Å². The fraction of sp³-hybridized carbons (Fsp3) is 0.219. The van der Waals surface area contributed by atoms with Crippen LogP contribution in [0.25, 0.3) is 22.3 Å². The van der Waals surface area contributed by atoms with Gasteiger partial charge in [-0.15, -0.1) is 0 Å². The van der Waals surface area contributed by atoms with E-state index in [-0.39, 0.29) is 17.1 Å². The van der Waals surface area contributed by atoms with Crippen LogP contribution in [0.1, 0.15) is 54.6 Å². The lowest BCUT2D eigenvalue weighted by atomic mass is 10.00. The summed E-state index contributed by atoms with van der Waals surface area (Å²) in [6, 6.07) is 21.4. The van der Waals surface area contributed by atoms with Crippen molar-refractivity contribution in [3.63, 3.8) is 0 Å². The molecule has 0 bridgehead atoms. The zero-order valence-electron chi connectivity index (χ0n) is 21.0. The average Bonchev–Trinajstić information content (AvgIpc) is 2.90. The fourth-order valence-corrected chi connectivity index (χ4v) is 4.24. The highest BCUT2D eigenvalue weighted by Crippen LogP contribution is 2.29. The van der Waals surface area contributed by atoms with E-state index in [1.165, 1.54) is 30.3 Å². The van der Waals surface area contributed by atoms with E-state index in [4.69, 9.17) is 4.74 Å². The molecule has 2 nitrogen and oxygen atoms in total. The van der Waals surface area contributed by atoms with Crippen molar-refractivity contribution < 1.29 is 22.7 Å². The van der Waals surface area contributed by atoms with Crippen molar-refractivity contribution >= 4 is 5.97 Å². The predicted octanol–water partition coefficient (Wildman–Crippen LogP) is 8.95. The number of carbonyl (C=O) groups is 1. The molecule has 0 aromatic heterocycles. The molecule has 0 spiro atoms. The third kappa shape index (κ3) is 6.11. The molecule has 0 amide bonds. The van der Waals surface area contributed by atoms with Crippen molar-refractivity contribution in [3.8, 4) is 28.0 Å². The summed E-state index contributed by atoms with van der Waals surface area (Å²) in [6.45, 7) is 4.14. The van der Waals surface area contributed by atoms with Crippen LogP contribution >= 0.6 is 0 Å². The SMILES string of the molecule is CCCCc1ccc(-c2ccc(OC(=O)c3ccc(-c4ccc(CCC)cc4)c(F)c3F)cc2)cc1F. The van der Waals surface area contributed by atoms with Gasteiger partial charge in [-0.05, 0) is 71.3 Å². The van der Waals surface area contributed by atoms with Gasteiger partial charge in [0.25, 0.3) is 0 Å². The van der Waals surface area contributed by atoms with Gasteiger partial charge in [-0.2, -0.15) is 0 Å². The maximum absolute atomic E-state index is 14.9. The van der Waals surface area contributed by atoms with Crippen LogP contribution in [0, 0.1) is 17.5 Å². The van der Waals surface area contributed by atoms with E-state index in [1.807, 2.05) is 18.2 Å². The van der Waals surface area contributed by atoms with Gasteiger partial charge in [0.1, 0.15) is 11.6 Å². The molecule has 0 fully saturated rings. The number of unbranched alkanes of at least 4 members (excludes halogenated alkanes) is 1. The quantitative estimate of drug-likeness (QED) is 0.169. The summed E-state index contributed by atoms with van der Waals surface area (Å²) in [5.74, 6) is -3.43. The molecule has 0 atom stereocenters. The van der Waals surface area contributed by atoms with Crippen LogP contribution in [0.15, 0.2) is 78.9 Å². The van der Waals surface area contributed by atoms with E-state index in [0.29, 0.717) is 23.1 Å². The van der Waals surface area contributed by atoms with Crippen molar-refractivity contribution in [2.24, 2.45) is 0 Å². The molecule has 0 aliphatic rings. The molecule has 0 aliphatic carbocycles.